The van der Waals surface area contributed by atoms with Gasteiger partial charge in [-0.05, 0) is 53.1 Å². The van der Waals surface area contributed by atoms with Crippen molar-refractivity contribution in [2.45, 2.75) is 16.2 Å². The van der Waals surface area contributed by atoms with E-state index in [1.165, 1.54) is 30.3 Å². The van der Waals surface area contributed by atoms with Crippen molar-refractivity contribution in [3.63, 3.8) is 0 Å². The molecule has 0 bridgehead atoms. The minimum Gasteiger partial charge on any atom is -0.493 e. The number of para-hydroxylation sites is 1. The average Bonchev–Trinajstić information content (AvgIpc) is 3.15. The van der Waals surface area contributed by atoms with Gasteiger partial charge in [0.25, 0.3) is 10.0 Å². The fourth-order valence-corrected chi connectivity index (χ4v) is 5.10. The van der Waals surface area contributed by atoms with E-state index in [9.17, 15) is 16.8 Å². The van der Waals surface area contributed by atoms with Crippen LogP contribution in [0, 0.1) is 0 Å². The van der Waals surface area contributed by atoms with Crippen LogP contribution in [0.2, 0.25) is 0 Å². The first-order valence-electron chi connectivity index (χ1n) is 8.75. The van der Waals surface area contributed by atoms with E-state index in [0.717, 1.165) is 28.9 Å². The topological polar surface area (TPSA) is 116 Å². The van der Waals surface area contributed by atoms with Crippen LogP contribution in [0.25, 0.3) is 11.1 Å². The summed E-state index contributed by atoms with van der Waals surface area (Å²) in [5, 5.41) is 5.19. The third-order valence-corrected chi connectivity index (χ3v) is 6.94. The van der Waals surface area contributed by atoms with E-state index in [1.807, 2.05) is 24.3 Å². The standard InChI is InChI=1S/C20H18N2O5S2.H2/c21-28(23,24)20-7-2-1-6-18(20)22-29(25,26)17-5-3-4-14(13-17)15-8-9-19-16(12-15)10-11-27-19;/h1-9,12-13,22H,10-11H2,(H2,21,23,24);1H. The predicted molar refractivity (Wildman–Crippen MR) is 112 cm³/mol. The van der Waals surface area contributed by atoms with Gasteiger partial charge in [-0.15, -0.1) is 0 Å². The molecule has 4 rings (SSSR count). The number of sulfonamides is 2. The van der Waals surface area contributed by atoms with Crippen LogP contribution < -0.4 is 14.6 Å². The molecule has 0 saturated carbocycles. The summed E-state index contributed by atoms with van der Waals surface area (Å²) >= 11 is 0. The van der Waals surface area contributed by atoms with Gasteiger partial charge in [0.1, 0.15) is 10.6 Å². The fraction of sp³-hybridized carbons (Fsp3) is 0.100. The summed E-state index contributed by atoms with van der Waals surface area (Å²) < 4.78 is 57.1. The Labute approximate surface area is 170 Å². The molecule has 3 aromatic rings. The lowest BCUT2D eigenvalue weighted by molar-refractivity contribution is 0.357. The molecule has 0 saturated heterocycles. The van der Waals surface area contributed by atoms with E-state index in [4.69, 9.17) is 9.88 Å². The third kappa shape index (κ3) is 3.98. The molecule has 0 fully saturated rings. The lowest BCUT2D eigenvalue weighted by Gasteiger charge is -2.12. The molecule has 0 aliphatic carbocycles. The maximum atomic E-state index is 12.9. The summed E-state index contributed by atoms with van der Waals surface area (Å²) in [5.74, 6) is 0.846. The van der Waals surface area contributed by atoms with Gasteiger partial charge >= 0.3 is 0 Å². The summed E-state index contributed by atoms with van der Waals surface area (Å²) in [6.07, 6.45) is 0.813. The Morgan fingerprint density at radius 3 is 2.45 bits per heavy atom. The largest absolute Gasteiger partial charge is 0.493 e. The van der Waals surface area contributed by atoms with Crippen molar-refractivity contribution >= 4 is 25.7 Å². The van der Waals surface area contributed by atoms with E-state index in [0.29, 0.717) is 6.61 Å². The van der Waals surface area contributed by atoms with Crippen molar-refractivity contribution in [3.05, 3.63) is 72.3 Å². The molecule has 1 aliphatic heterocycles. The smallest absolute Gasteiger partial charge is 0.261 e. The van der Waals surface area contributed by atoms with E-state index in [-0.39, 0.29) is 16.9 Å². The van der Waals surface area contributed by atoms with Gasteiger partial charge in [0, 0.05) is 7.85 Å². The number of nitrogens with two attached hydrogens (primary N) is 1. The number of ether oxygens (including phenoxy) is 1. The average molecular weight is 433 g/mol. The molecule has 3 aromatic carbocycles. The Bertz CT molecular complexity index is 1310. The lowest BCUT2D eigenvalue weighted by Crippen LogP contribution is -2.18. The van der Waals surface area contributed by atoms with E-state index in [2.05, 4.69) is 4.72 Å². The van der Waals surface area contributed by atoms with Crippen molar-refractivity contribution in [3.8, 4) is 16.9 Å². The first kappa shape index (κ1) is 19.4. The maximum Gasteiger partial charge on any atom is 0.261 e. The molecule has 7 nitrogen and oxygen atoms in total. The highest BCUT2D eigenvalue weighted by Crippen LogP contribution is 2.32. The first-order chi connectivity index (χ1) is 13.7. The molecule has 0 amide bonds. The predicted octanol–water partition coefficient (Wildman–Crippen LogP) is 2.98. The molecule has 0 atom stereocenters. The van der Waals surface area contributed by atoms with Crippen LogP contribution in [0.4, 0.5) is 5.69 Å². The lowest BCUT2D eigenvalue weighted by atomic mass is 10.0. The Balaban J connectivity index is 0.00000256. The highest BCUT2D eigenvalue weighted by molar-refractivity contribution is 7.93. The van der Waals surface area contributed by atoms with E-state index >= 15 is 0 Å². The molecule has 3 N–H and O–H groups in total. The Kier molecular flexibility index (Phi) is 4.81. The zero-order chi connectivity index (χ0) is 20.6. The maximum absolute atomic E-state index is 12.9. The van der Waals surface area contributed by atoms with Crippen LogP contribution in [0.3, 0.4) is 0 Å². The molecule has 0 spiro atoms. The zero-order valence-corrected chi connectivity index (χ0v) is 16.8. The number of nitrogens with one attached hydrogen (secondary N) is 1. The van der Waals surface area contributed by atoms with Crippen LogP contribution in [0.5, 0.6) is 5.75 Å². The van der Waals surface area contributed by atoms with Gasteiger partial charge in [-0.25, -0.2) is 22.0 Å². The summed E-state index contributed by atoms with van der Waals surface area (Å²) in [4.78, 5) is -0.283. The van der Waals surface area contributed by atoms with Crippen molar-refractivity contribution in [1.82, 2.24) is 0 Å². The van der Waals surface area contributed by atoms with Crippen LogP contribution in [0.1, 0.15) is 6.99 Å². The zero-order valence-electron chi connectivity index (χ0n) is 15.2. The monoisotopic (exact) mass is 432 g/mol. The quantitative estimate of drug-likeness (QED) is 0.643. The molecule has 0 unspecified atom stereocenters. The number of fused-ring (bicyclic) bond motifs is 1. The second-order valence-corrected chi connectivity index (χ2v) is 9.81. The van der Waals surface area contributed by atoms with Crippen LogP contribution >= 0.6 is 0 Å². The summed E-state index contributed by atoms with van der Waals surface area (Å²) in [6.45, 7) is 0.639. The third-order valence-electron chi connectivity index (χ3n) is 4.61. The first-order valence-corrected chi connectivity index (χ1v) is 11.8. The Morgan fingerprint density at radius 1 is 0.897 bits per heavy atom. The van der Waals surface area contributed by atoms with E-state index < -0.39 is 20.0 Å². The highest BCUT2D eigenvalue weighted by Gasteiger charge is 2.21. The van der Waals surface area contributed by atoms with Gasteiger partial charge in [0.05, 0.1) is 17.2 Å². The summed E-state index contributed by atoms with van der Waals surface area (Å²) in [5.41, 5.74) is 2.57. The van der Waals surface area contributed by atoms with Gasteiger partial charge in [0.15, 0.2) is 0 Å². The Morgan fingerprint density at radius 2 is 1.66 bits per heavy atom. The van der Waals surface area contributed by atoms with Gasteiger partial charge in [-0.1, -0.05) is 30.3 Å². The van der Waals surface area contributed by atoms with Crippen molar-refractivity contribution in [2.24, 2.45) is 5.14 Å². The number of anilines is 1. The number of hydrogen-bond acceptors (Lipinski definition) is 5. The molecule has 0 radical (unpaired) electrons. The molecular formula is C20H20N2O5S2. The number of rotatable bonds is 5. The van der Waals surface area contributed by atoms with E-state index in [1.54, 1.807) is 12.1 Å². The SMILES string of the molecule is NS(=O)(=O)c1ccccc1NS(=O)(=O)c1cccc(-c2ccc3c(c2)CCO3)c1.[HH]. The minimum atomic E-state index is -4.08. The van der Waals surface area contributed by atoms with Gasteiger partial charge in [0.2, 0.25) is 10.0 Å². The molecule has 29 heavy (non-hydrogen) atoms. The fourth-order valence-electron chi connectivity index (χ4n) is 3.21. The second-order valence-electron chi connectivity index (χ2n) is 6.60. The minimum absolute atomic E-state index is 0. The van der Waals surface area contributed by atoms with Gasteiger partial charge in [-0.2, -0.15) is 0 Å². The molecule has 1 aliphatic rings. The molecule has 9 heteroatoms. The molecule has 0 aromatic heterocycles. The van der Waals surface area contributed by atoms with Crippen molar-refractivity contribution < 1.29 is 23.0 Å². The number of primary sulfonamides is 1. The van der Waals surface area contributed by atoms with Crippen LogP contribution in [-0.2, 0) is 26.5 Å². The van der Waals surface area contributed by atoms with Crippen molar-refractivity contribution in [2.75, 3.05) is 11.3 Å². The summed E-state index contributed by atoms with van der Waals surface area (Å²) in [6, 6.07) is 17.8. The number of hydrogen-bond donors (Lipinski definition) is 2. The van der Waals surface area contributed by atoms with Gasteiger partial charge in [-0.3, -0.25) is 4.72 Å². The summed E-state index contributed by atoms with van der Waals surface area (Å²) in [7, 11) is -8.12. The van der Waals surface area contributed by atoms with Gasteiger partial charge < -0.3 is 4.74 Å². The number of benzene rings is 3. The molecule has 1 heterocycles. The van der Waals surface area contributed by atoms with Crippen LogP contribution in [0.15, 0.2) is 76.5 Å². The second kappa shape index (κ2) is 7.18. The van der Waals surface area contributed by atoms with Crippen LogP contribution in [-0.4, -0.2) is 23.4 Å². The molecule has 152 valence electrons. The normalized spacial score (nSPS) is 13.6. The highest BCUT2D eigenvalue weighted by atomic mass is 32.2. The molecular weight excluding hydrogens is 412 g/mol. The Hall–Kier alpha value is -2.88. The van der Waals surface area contributed by atoms with Crippen molar-refractivity contribution in [1.29, 1.82) is 0 Å².